The molecule has 0 radical (unpaired) electrons. The Labute approximate surface area is 222 Å². The lowest BCUT2D eigenvalue weighted by Gasteiger charge is -2.34. The average molecular weight is 518 g/mol. The maximum atomic E-state index is 13.0. The summed E-state index contributed by atoms with van der Waals surface area (Å²) in [6, 6.07) is 10.5. The van der Waals surface area contributed by atoms with E-state index in [-0.39, 0.29) is 23.0 Å². The molecule has 1 saturated heterocycles. The zero-order valence-corrected chi connectivity index (χ0v) is 22.0. The standard InChI is InChI=1S/C28H33N6O4/c1-18-14-19(2)26(20(3)15-18)21-16-24-27(25(17-21)34(36)37)30-28(31-33(24)35)29-22-6-8-23(9-7-22)38-13-12-32-10-4-5-11-32/h6-9,14,16-18,33H,4-5,10-13,15H2,1-3H3,(H-,29,30,31)/q-1. The van der Waals surface area contributed by atoms with Gasteiger partial charge >= 0.3 is 0 Å². The first kappa shape index (κ1) is 25.9. The van der Waals surface area contributed by atoms with Crippen LogP contribution in [0.2, 0.25) is 0 Å². The second kappa shape index (κ2) is 10.9. The maximum Gasteiger partial charge on any atom is 0.286 e. The van der Waals surface area contributed by atoms with Crippen LogP contribution in [0.4, 0.5) is 22.7 Å². The molecule has 10 nitrogen and oxygen atoms in total. The normalized spacial score (nSPS) is 21.4. The summed E-state index contributed by atoms with van der Waals surface area (Å²) in [6.45, 7) is 9.96. The number of nitrogens with zero attached hydrogens (tertiary/aromatic N) is 4. The van der Waals surface area contributed by atoms with Crippen molar-refractivity contribution in [1.29, 1.82) is 0 Å². The van der Waals surface area contributed by atoms with Gasteiger partial charge < -0.3 is 20.3 Å². The van der Waals surface area contributed by atoms with Gasteiger partial charge in [0.2, 0.25) is 0 Å². The fourth-order valence-corrected chi connectivity index (χ4v) is 5.55. The number of rotatable bonds is 7. The highest BCUT2D eigenvalue weighted by atomic mass is 16.6. The van der Waals surface area contributed by atoms with Crippen LogP contribution >= 0.6 is 0 Å². The third kappa shape index (κ3) is 5.57. The number of nitro benzene ring substituents is 1. The zero-order chi connectivity index (χ0) is 26.8. The summed E-state index contributed by atoms with van der Waals surface area (Å²) in [5.74, 6) is 1.16. The van der Waals surface area contributed by atoms with Gasteiger partial charge in [-0.05, 0) is 98.8 Å². The summed E-state index contributed by atoms with van der Waals surface area (Å²) in [5, 5.41) is 27.5. The first-order valence-electron chi connectivity index (χ1n) is 13.1. The molecule has 2 aromatic carbocycles. The topological polar surface area (TPSA) is 122 Å². The van der Waals surface area contributed by atoms with Crippen LogP contribution in [0.1, 0.15) is 45.6 Å². The smallest absolute Gasteiger partial charge is 0.286 e. The highest BCUT2D eigenvalue weighted by Gasteiger charge is 2.27. The molecular formula is C28H33N6O4-. The van der Waals surface area contributed by atoms with E-state index in [2.05, 4.69) is 33.6 Å². The molecule has 2 aromatic rings. The number of nitrogens with one attached hydrogen (secondary N) is 2. The van der Waals surface area contributed by atoms with Crippen molar-refractivity contribution in [3.05, 3.63) is 79.9 Å². The van der Waals surface area contributed by atoms with Crippen molar-refractivity contribution in [2.75, 3.05) is 31.6 Å². The Bertz CT molecular complexity index is 1310. The molecule has 0 amide bonds. The van der Waals surface area contributed by atoms with Gasteiger partial charge in [-0.1, -0.05) is 18.6 Å². The van der Waals surface area contributed by atoms with Crippen molar-refractivity contribution in [2.45, 2.75) is 40.0 Å². The molecule has 2 aliphatic heterocycles. The quantitative estimate of drug-likeness (QED) is 0.294. The Morgan fingerprint density at radius 2 is 1.95 bits per heavy atom. The molecule has 2 N–H and O–H groups in total. The van der Waals surface area contributed by atoms with E-state index in [0.29, 0.717) is 23.8 Å². The lowest BCUT2D eigenvalue weighted by molar-refractivity contribution is -0.726. The SMILES string of the molecule is CC1=CC(C)CC(C)=C1c1cc([N+](=O)[O-])c2c(c1)[NH+]([O-])[N-]C(Nc1ccc(OCCN3CCCC3)cc1)=N2. The van der Waals surface area contributed by atoms with Gasteiger partial charge in [0.1, 0.15) is 18.0 Å². The number of hydrogen-bond donors (Lipinski definition) is 2. The van der Waals surface area contributed by atoms with Gasteiger partial charge in [0.05, 0.1) is 10.9 Å². The molecule has 38 heavy (non-hydrogen) atoms. The summed E-state index contributed by atoms with van der Waals surface area (Å²) < 4.78 is 5.84. The predicted octanol–water partition coefficient (Wildman–Crippen LogP) is 5.25. The van der Waals surface area contributed by atoms with Crippen LogP contribution in [0.3, 0.4) is 0 Å². The molecule has 0 spiro atoms. The van der Waals surface area contributed by atoms with Gasteiger partial charge in [-0.2, -0.15) is 5.43 Å². The number of likely N-dealkylation sites (tertiary alicyclic amines) is 1. The maximum absolute atomic E-state index is 13.0. The lowest BCUT2D eigenvalue weighted by atomic mass is 9.83. The van der Waals surface area contributed by atoms with Crippen molar-refractivity contribution >= 4 is 34.3 Å². The third-order valence-corrected chi connectivity index (χ3v) is 7.20. The molecule has 1 fully saturated rings. The minimum absolute atomic E-state index is 0.0130. The third-order valence-electron chi connectivity index (χ3n) is 7.20. The molecule has 2 heterocycles. The molecule has 10 heteroatoms. The Morgan fingerprint density at radius 3 is 2.63 bits per heavy atom. The van der Waals surface area contributed by atoms with Crippen molar-refractivity contribution in [2.24, 2.45) is 10.9 Å². The number of nitro groups is 1. The first-order chi connectivity index (χ1) is 18.3. The number of hydrogen-bond acceptors (Lipinski definition) is 7. The van der Waals surface area contributed by atoms with Crippen molar-refractivity contribution in [3.63, 3.8) is 0 Å². The van der Waals surface area contributed by atoms with Gasteiger partial charge in [-0.3, -0.25) is 20.2 Å². The van der Waals surface area contributed by atoms with Crippen LogP contribution in [0.15, 0.2) is 58.6 Å². The van der Waals surface area contributed by atoms with E-state index in [1.165, 1.54) is 18.9 Å². The van der Waals surface area contributed by atoms with Crippen molar-refractivity contribution in [3.8, 4) is 5.75 Å². The van der Waals surface area contributed by atoms with E-state index < -0.39 is 10.1 Å². The van der Waals surface area contributed by atoms with E-state index >= 15 is 0 Å². The Kier molecular flexibility index (Phi) is 7.46. The largest absolute Gasteiger partial charge is 0.612 e. The van der Waals surface area contributed by atoms with Crippen molar-refractivity contribution in [1.82, 2.24) is 4.90 Å². The van der Waals surface area contributed by atoms with Gasteiger partial charge in [0.25, 0.3) is 5.69 Å². The number of allylic oxidation sites excluding steroid dienone is 4. The van der Waals surface area contributed by atoms with Crippen LogP contribution in [0.25, 0.3) is 11.0 Å². The molecule has 2 unspecified atom stereocenters. The monoisotopic (exact) mass is 517 g/mol. The van der Waals surface area contributed by atoms with E-state index in [1.54, 1.807) is 18.2 Å². The van der Waals surface area contributed by atoms with Crippen LogP contribution in [0.5, 0.6) is 5.75 Å². The van der Waals surface area contributed by atoms with Gasteiger partial charge in [-0.15, -0.1) is 0 Å². The van der Waals surface area contributed by atoms with Crippen molar-refractivity contribution < 1.29 is 14.8 Å². The Hall–Kier alpha value is -3.73. The molecule has 2 atom stereocenters. The molecule has 5 rings (SSSR count). The second-order valence-corrected chi connectivity index (χ2v) is 10.2. The number of ether oxygens (including phenoxy) is 1. The minimum Gasteiger partial charge on any atom is -0.612 e. The number of benzene rings is 2. The van der Waals surface area contributed by atoms with E-state index in [4.69, 9.17) is 4.74 Å². The fraction of sp³-hybridized carbons (Fsp3) is 0.393. The predicted molar refractivity (Wildman–Crippen MR) is 149 cm³/mol. The molecule has 0 aromatic heterocycles. The number of quaternary nitrogens is 1. The van der Waals surface area contributed by atoms with Gasteiger partial charge in [-0.25, -0.2) is 0 Å². The Balaban J connectivity index is 1.35. The highest BCUT2D eigenvalue weighted by molar-refractivity contribution is 6.05. The summed E-state index contributed by atoms with van der Waals surface area (Å²) >= 11 is 0. The minimum atomic E-state index is -0.562. The lowest BCUT2D eigenvalue weighted by Crippen LogP contribution is -2.98. The highest BCUT2D eigenvalue weighted by Crippen LogP contribution is 2.42. The molecule has 0 bridgehead atoms. The summed E-state index contributed by atoms with van der Waals surface area (Å²) in [4.78, 5) is 18.3. The van der Waals surface area contributed by atoms with Crippen LogP contribution < -0.4 is 15.2 Å². The molecule has 1 aliphatic carbocycles. The Morgan fingerprint density at radius 1 is 1.21 bits per heavy atom. The van der Waals surface area contributed by atoms with Crippen LogP contribution in [0, 0.1) is 21.2 Å². The second-order valence-electron chi connectivity index (χ2n) is 10.2. The number of fused-ring (bicyclic) bond motifs is 1. The summed E-state index contributed by atoms with van der Waals surface area (Å²) in [5.41, 5.74) is 8.44. The zero-order valence-electron chi connectivity index (χ0n) is 22.0. The number of aliphatic imine (C=N–C) groups is 1. The fourth-order valence-electron chi connectivity index (χ4n) is 5.55. The number of anilines is 1. The summed E-state index contributed by atoms with van der Waals surface area (Å²) in [6.07, 6.45) is 5.52. The van der Waals surface area contributed by atoms with Crippen LogP contribution in [-0.2, 0) is 0 Å². The van der Waals surface area contributed by atoms with E-state index in [9.17, 15) is 15.3 Å². The van der Waals surface area contributed by atoms with Gasteiger partial charge in [0.15, 0.2) is 5.69 Å². The van der Waals surface area contributed by atoms with Gasteiger partial charge in [0, 0.05) is 18.7 Å². The molecule has 0 saturated carbocycles. The summed E-state index contributed by atoms with van der Waals surface area (Å²) in [7, 11) is 0. The molecule has 3 aliphatic rings. The van der Waals surface area contributed by atoms with Crippen LogP contribution in [-0.4, -0.2) is 42.0 Å². The number of guanidine groups is 1. The first-order valence-corrected chi connectivity index (χ1v) is 13.1. The average Bonchev–Trinajstić information content (AvgIpc) is 3.38. The van der Waals surface area contributed by atoms with E-state index in [1.807, 2.05) is 26.0 Å². The molecular weight excluding hydrogens is 484 g/mol. The van der Waals surface area contributed by atoms with E-state index in [0.717, 1.165) is 48.5 Å². The molecule has 200 valence electrons.